The maximum absolute atomic E-state index is 10.1. The monoisotopic (exact) mass is 201 g/mol. The molecule has 0 aliphatic heterocycles. The van der Waals surface area contributed by atoms with Crippen molar-refractivity contribution in [3.8, 4) is 0 Å². The third-order valence-electron chi connectivity index (χ3n) is 1.43. The van der Waals surface area contributed by atoms with Gasteiger partial charge < -0.3 is 0 Å². The molecule has 5 heteroatoms. The van der Waals surface area contributed by atoms with Crippen LogP contribution in [0.5, 0.6) is 0 Å². The van der Waals surface area contributed by atoms with Crippen molar-refractivity contribution in [1.82, 2.24) is 5.32 Å². The highest BCUT2D eigenvalue weighted by Gasteiger charge is 1.92. The van der Waals surface area contributed by atoms with Crippen LogP contribution in [-0.2, 0) is 22.1 Å². The number of rotatable bonds is 5. The van der Waals surface area contributed by atoms with E-state index in [9.17, 15) is 4.21 Å². The summed E-state index contributed by atoms with van der Waals surface area (Å²) in [6.45, 7) is 0.691. The number of hydrogen-bond acceptors (Lipinski definition) is 3. The zero-order valence-electron chi connectivity index (χ0n) is 6.97. The Morgan fingerprint density at radius 1 is 1.38 bits per heavy atom. The topological polar surface area (TPSA) is 58.6 Å². The number of hydrogen-bond donors (Lipinski definition) is 2. The van der Waals surface area contributed by atoms with E-state index in [-0.39, 0.29) is 6.73 Å². The van der Waals surface area contributed by atoms with Crippen LogP contribution in [0.3, 0.4) is 0 Å². The first-order chi connectivity index (χ1) is 6.29. The van der Waals surface area contributed by atoms with Crippen molar-refractivity contribution in [1.29, 1.82) is 0 Å². The van der Waals surface area contributed by atoms with Gasteiger partial charge in [-0.3, -0.25) is 14.1 Å². The van der Waals surface area contributed by atoms with Gasteiger partial charge in [0.05, 0.1) is 0 Å². The van der Waals surface area contributed by atoms with Crippen LogP contribution >= 0.6 is 0 Å². The minimum Gasteiger partial charge on any atom is -0.289 e. The second-order valence-electron chi connectivity index (χ2n) is 2.39. The quantitative estimate of drug-likeness (QED) is 0.422. The summed E-state index contributed by atoms with van der Waals surface area (Å²) in [6, 6.07) is 9.72. The molecule has 0 radical (unpaired) electrons. The largest absolute Gasteiger partial charge is 0.303 e. The molecule has 1 aromatic carbocycles. The van der Waals surface area contributed by atoms with Gasteiger partial charge >= 0.3 is 11.4 Å². The summed E-state index contributed by atoms with van der Waals surface area (Å²) >= 11 is -2.19. The van der Waals surface area contributed by atoms with Gasteiger partial charge in [-0.15, -0.1) is 0 Å². The minimum absolute atomic E-state index is 0.0675. The Kier molecular flexibility index (Phi) is 4.63. The second-order valence-corrected chi connectivity index (χ2v) is 3.06. The van der Waals surface area contributed by atoms with Gasteiger partial charge in [0.15, 0.2) is 0 Å². The third kappa shape index (κ3) is 4.74. The molecular weight excluding hydrogens is 190 g/mol. The zero-order chi connectivity index (χ0) is 9.52. The van der Waals surface area contributed by atoms with Crippen molar-refractivity contribution >= 4 is 11.4 Å². The first-order valence-corrected chi connectivity index (χ1v) is 4.81. The lowest BCUT2D eigenvalue weighted by Gasteiger charge is -2.02. The van der Waals surface area contributed by atoms with E-state index in [2.05, 4.69) is 9.50 Å². The van der Waals surface area contributed by atoms with Crippen molar-refractivity contribution < 1.29 is 12.9 Å². The minimum atomic E-state index is -2.19. The van der Waals surface area contributed by atoms with E-state index in [0.29, 0.717) is 6.54 Å². The van der Waals surface area contributed by atoms with Crippen LogP contribution in [0.4, 0.5) is 0 Å². The summed E-state index contributed by atoms with van der Waals surface area (Å²) in [7, 11) is 0. The molecule has 0 saturated heterocycles. The highest BCUT2D eigenvalue weighted by Crippen LogP contribution is 1.96. The first-order valence-electron chi connectivity index (χ1n) is 3.78. The fourth-order valence-corrected chi connectivity index (χ4v) is 1.07. The van der Waals surface area contributed by atoms with Gasteiger partial charge in [-0.2, -0.15) is 4.21 Å². The Bertz CT molecular complexity index is 265. The highest BCUT2D eigenvalue weighted by molar-refractivity contribution is 7.74. The number of nitrogens with one attached hydrogen (secondary N) is 1. The normalized spacial score (nSPS) is 12.7. The van der Waals surface area contributed by atoms with Crippen molar-refractivity contribution in [2.75, 3.05) is 6.73 Å². The summed E-state index contributed by atoms with van der Waals surface area (Å²) in [5.74, 6) is 0. The van der Waals surface area contributed by atoms with Crippen LogP contribution < -0.4 is 5.32 Å². The molecule has 0 saturated carbocycles. The molecule has 0 aliphatic carbocycles. The predicted molar refractivity (Wildman–Crippen MR) is 50.0 cm³/mol. The van der Waals surface area contributed by atoms with Gasteiger partial charge in [0, 0.05) is 6.54 Å². The standard InChI is InChI=1S/C8H11NO3S/c10-13(11)12-7-9-6-8-4-2-1-3-5-8/h1-5,9H,6-7H2,(H,10,11). The smallest absolute Gasteiger partial charge is 0.289 e. The zero-order valence-corrected chi connectivity index (χ0v) is 7.79. The van der Waals surface area contributed by atoms with Crippen molar-refractivity contribution in [3.05, 3.63) is 35.9 Å². The molecule has 0 aromatic heterocycles. The lowest BCUT2D eigenvalue weighted by atomic mass is 10.2. The summed E-state index contributed by atoms with van der Waals surface area (Å²) in [6.07, 6.45) is 0. The second kappa shape index (κ2) is 5.82. The van der Waals surface area contributed by atoms with Crippen LogP contribution in [0.15, 0.2) is 30.3 Å². The van der Waals surface area contributed by atoms with Gasteiger partial charge in [-0.1, -0.05) is 30.3 Å². The SMILES string of the molecule is O=S(O)OCNCc1ccccc1. The molecule has 13 heavy (non-hydrogen) atoms. The molecule has 0 bridgehead atoms. The van der Waals surface area contributed by atoms with Crippen molar-refractivity contribution in [3.63, 3.8) is 0 Å². The Balaban J connectivity index is 2.17. The average Bonchev–Trinajstić information content (AvgIpc) is 2.14. The lowest BCUT2D eigenvalue weighted by molar-refractivity contribution is 0.277. The van der Waals surface area contributed by atoms with Gasteiger partial charge in [0.25, 0.3) is 0 Å². The molecule has 0 spiro atoms. The Hall–Kier alpha value is -0.750. The fraction of sp³-hybridized carbons (Fsp3) is 0.250. The Morgan fingerprint density at radius 2 is 2.08 bits per heavy atom. The maximum atomic E-state index is 10.1. The molecule has 2 N–H and O–H groups in total. The van der Waals surface area contributed by atoms with Crippen LogP contribution in [0.2, 0.25) is 0 Å². The molecule has 1 aromatic rings. The molecule has 0 heterocycles. The molecule has 1 unspecified atom stereocenters. The van der Waals surface area contributed by atoms with Crippen molar-refractivity contribution in [2.45, 2.75) is 6.54 Å². The third-order valence-corrected chi connectivity index (χ3v) is 1.75. The van der Waals surface area contributed by atoms with E-state index >= 15 is 0 Å². The van der Waals surface area contributed by atoms with E-state index in [1.165, 1.54) is 0 Å². The summed E-state index contributed by atoms with van der Waals surface area (Å²) in [5.41, 5.74) is 1.11. The lowest BCUT2D eigenvalue weighted by Crippen LogP contribution is -2.17. The number of benzene rings is 1. The summed E-state index contributed by atoms with van der Waals surface area (Å²) < 4.78 is 22.7. The molecule has 1 atom stereocenters. The van der Waals surface area contributed by atoms with Gasteiger partial charge in [0.1, 0.15) is 6.73 Å². The molecular formula is C8H11NO3S. The van der Waals surface area contributed by atoms with E-state index in [1.807, 2.05) is 30.3 Å². The molecule has 0 amide bonds. The van der Waals surface area contributed by atoms with Crippen LogP contribution in [-0.4, -0.2) is 15.5 Å². The van der Waals surface area contributed by atoms with Crippen LogP contribution in [0.1, 0.15) is 5.56 Å². The van der Waals surface area contributed by atoms with Crippen LogP contribution in [0.25, 0.3) is 0 Å². The summed E-state index contributed by atoms with van der Waals surface area (Å²) in [4.78, 5) is 0. The van der Waals surface area contributed by atoms with Gasteiger partial charge in [-0.25, -0.2) is 0 Å². The van der Waals surface area contributed by atoms with Crippen molar-refractivity contribution in [2.24, 2.45) is 0 Å². The maximum Gasteiger partial charge on any atom is 0.303 e. The molecule has 0 aliphatic rings. The molecule has 4 nitrogen and oxygen atoms in total. The Morgan fingerprint density at radius 3 is 2.69 bits per heavy atom. The van der Waals surface area contributed by atoms with Crippen LogP contribution in [0, 0.1) is 0 Å². The van der Waals surface area contributed by atoms with Gasteiger partial charge in [-0.05, 0) is 5.56 Å². The average molecular weight is 201 g/mol. The predicted octanol–water partition coefficient (Wildman–Crippen LogP) is 0.887. The van der Waals surface area contributed by atoms with E-state index in [4.69, 9.17) is 4.55 Å². The van der Waals surface area contributed by atoms with E-state index < -0.39 is 11.4 Å². The molecule has 72 valence electrons. The summed E-state index contributed by atoms with van der Waals surface area (Å²) in [5, 5.41) is 2.86. The Labute approximate surface area is 79.4 Å². The highest BCUT2D eigenvalue weighted by atomic mass is 32.2. The fourth-order valence-electron chi connectivity index (χ4n) is 0.883. The van der Waals surface area contributed by atoms with E-state index in [1.54, 1.807) is 0 Å². The molecule has 1 rings (SSSR count). The van der Waals surface area contributed by atoms with Gasteiger partial charge in [0.2, 0.25) is 0 Å². The van der Waals surface area contributed by atoms with E-state index in [0.717, 1.165) is 5.56 Å². The first kappa shape index (κ1) is 10.3. The molecule has 0 fully saturated rings.